The molecular weight excluding hydrogens is 342 g/mol. The summed E-state index contributed by atoms with van der Waals surface area (Å²) in [6, 6.07) is 6.02. The highest BCUT2D eigenvalue weighted by Gasteiger charge is 2.26. The van der Waals surface area contributed by atoms with Gasteiger partial charge in [0.25, 0.3) is 0 Å². The summed E-state index contributed by atoms with van der Waals surface area (Å²) < 4.78 is 18.1. The number of nitrogens with zero attached hydrogens (tertiary/aromatic N) is 5. The largest absolute Gasteiger partial charge is 0.497 e. The lowest BCUT2D eigenvalue weighted by Gasteiger charge is -2.07. The van der Waals surface area contributed by atoms with E-state index >= 15 is 0 Å². The topological polar surface area (TPSA) is 88.1 Å². The molecule has 0 spiro atoms. The van der Waals surface area contributed by atoms with Gasteiger partial charge in [0.1, 0.15) is 17.8 Å². The van der Waals surface area contributed by atoms with Gasteiger partial charge in [-0.1, -0.05) is 16.9 Å². The Kier molecular flexibility index (Phi) is 4.31. The summed E-state index contributed by atoms with van der Waals surface area (Å²) in [7, 11) is 3.21. The molecule has 4 rings (SSSR count). The first-order valence-corrected chi connectivity index (χ1v) is 8.84. The summed E-state index contributed by atoms with van der Waals surface area (Å²) in [6.07, 6.45) is 4.16. The van der Waals surface area contributed by atoms with Crippen molar-refractivity contribution in [3.05, 3.63) is 30.4 Å². The van der Waals surface area contributed by atoms with Gasteiger partial charge in [0.05, 0.1) is 25.5 Å². The number of aromatic nitrogens is 5. The van der Waals surface area contributed by atoms with Gasteiger partial charge in [-0.15, -0.1) is 10.2 Å². The molecule has 2 aromatic heterocycles. The highest BCUT2D eigenvalue weighted by atomic mass is 32.2. The summed E-state index contributed by atoms with van der Waals surface area (Å²) in [5.41, 5.74) is 0.754. The molecule has 0 unspecified atom stereocenters. The molecule has 0 N–H and O–H groups in total. The van der Waals surface area contributed by atoms with Gasteiger partial charge >= 0.3 is 0 Å². The molecule has 0 radical (unpaired) electrons. The molecule has 25 heavy (non-hydrogen) atoms. The number of rotatable bonds is 7. The fourth-order valence-corrected chi connectivity index (χ4v) is 3.29. The third-order valence-corrected chi connectivity index (χ3v) is 4.86. The average Bonchev–Trinajstić information content (AvgIpc) is 3.20. The SMILES string of the molecule is COc1ccc(-c2noc(CSc3nncn3C3CC3)n2)c(OC)c1. The maximum Gasteiger partial charge on any atom is 0.237 e. The minimum absolute atomic E-state index is 0.485. The molecule has 1 aliphatic rings. The van der Waals surface area contributed by atoms with Crippen molar-refractivity contribution >= 4 is 11.8 Å². The lowest BCUT2D eigenvalue weighted by Crippen LogP contribution is -1.95. The molecule has 1 aromatic carbocycles. The van der Waals surface area contributed by atoms with Gasteiger partial charge < -0.3 is 18.6 Å². The predicted octanol–water partition coefficient (Wildman–Crippen LogP) is 2.97. The first kappa shape index (κ1) is 15.9. The molecule has 0 aliphatic heterocycles. The van der Waals surface area contributed by atoms with Crippen LogP contribution in [0.5, 0.6) is 11.5 Å². The molecule has 9 heteroatoms. The molecule has 0 saturated heterocycles. The summed E-state index contributed by atoms with van der Waals surface area (Å²) in [5.74, 6) is 2.89. The van der Waals surface area contributed by atoms with E-state index in [0.717, 1.165) is 10.7 Å². The third kappa shape index (κ3) is 3.32. The number of thioether (sulfide) groups is 1. The Hall–Kier alpha value is -2.55. The minimum atomic E-state index is 0.485. The second-order valence-electron chi connectivity index (χ2n) is 5.62. The second-order valence-corrected chi connectivity index (χ2v) is 6.56. The zero-order valence-corrected chi connectivity index (χ0v) is 14.7. The number of ether oxygens (including phenoxy) is 2. The van der Waals surface area contributed by atoms with E-state index in [-0.39, 0.29) is 0 Å². The van der Waals surface area contributed by atoms with E-state index in [4.69, 9.17) is 14.0 Å². The molecule has 8 nitrogen and oxygen atoms in total. The van der Waals surface area contributed by atoms with Crippen LogP contribution in [0.15, 0.2) is 34.2 Å². The Morgan fingerprint density at radius 2 is 2.16 bits per heavy atom. The Balaban J connectivity index is 1.49. The van der Waals surface area contributed by atoms with Crippen molar-refractivity contribution in [1.29, 1.82) is 0 Å². The minimum Gasteiger partial charge on any atom is -0.497 e. The fourth-order valence-electron chi connectivity index (χ4n) is 2.47. The van der Waals surface area contributed by atoms with Crippen LogP contribution in [0.3, 0.4) is 0 Å². The van der Waals surface area contributed by atoms with Crippen LogP contribution >= 0.6 is 11.8 Å². The van der Waals surface area contributed by atoms with Crippen LogP contribution < -0.4 is 9.47 Å². The van der Waals surface area contributed by atoms with E-state index in [9.17, 15) is 0 Å². The normalized spacial score (nSPS) is 13.8. The maximum atomic E-state index is 5.39. The molecule has 1 saturated carbocycles. The van der Waals surface area contributed by atoms with E-state index in [1.165, 1.54) is 12.8 Å². The molecule has 3 aromatic rings. The fraction of sp³-hybridized carbons (Fsp3) is 0.375. The number of hydrogen-bond donors (Lipinski definition) is 0. The molecule has 1 fully saturated rings. The summed E-state index contributed by atoms with van der Waals surface area (Å²) in [5, 5.41) is 13.1. The first-order valence-electron chi connectivity index (χ1n) is 7.85. The monoisotopic (exact) mass is 359 g/mol. The smallest absolute Gasteiger partial charge is 0.237 e. The molecule has 2 heterocycles. The van der Waals surface area contributed by atoms with Crippen LogP contribution in [0.2, 0.25) is 0 Å². The van der Waals surface area contributed by atoms with Crippen molar-refractivity contribution in [2.45, 2.75) is 29.8 Å². The zero-order valence-electron chi connectivity index (χ0n) is 13.9. The zero-order chi connectivity index (χ0) is 17.2. The highest BCUT2D eigenvalue weighted by Crippen LogP contribution is 2.38. The van der Waals surface area contributed by atoms with Gasteiger partial charge in [0.15, 0.2) is 5.16 Å². The summed E-state index contributed by atoms with van der Waals surface area (Å²) >= 11 is 1.54. The van der Waals surface area contributed by atoms with Gasteiger partial charge in [-0.2, -0.15) is 4.98 Å². The Morgan fingerprint density at radius 1 is 1.28 bits per heavy atom. The van der Waals surface area contributed by atoms with Crippen molar-refractivity contribution in [1.82, 2.24) is 24.9 Å². The van der Waals surface area contributed by atoms with Crippen LogP contribution in [0.1, 0.15) is 24.8 Å². The molecule has 0 amide bonds. The van der Waals surface area contributed by atoms with E-state index in [1.54, 1.807) is 38.4 Å². The van der Waals surface area contributed by atoms with Gasteiger partial charge in [-0.05, 0) is 25.0 Å². The van der Waals surface area contributed by atoms with Crippen molar-refractivity contribution in [2.75, 3.05) is 14.2 Å². The van der Waals surface area contributed by atoms with Gasteiger partial charge in [0.2, 0.25) is 11.7 Å². The lowest BCUT2D eigenvalue weighted by atomic mass is 10.2. The van der Waals surface area contributed by atoms with Gasteiger partial charge in [0, 0.05) is 12.1 Å². The molecule has 1 aliphatic carbocycles. The van der Waals surface area contributed by atoms with Crippen molar-refractivity contribution in [3.8, 4) is 22.9 Å². The van der Waals surface area contributed by atoms with Crippen LogP contribution in [0.25, 0.3) is 11.4 Å². The standard InChI is InChI=1S/C16H17N5O3S/c1-22-11-5-6-12(13(7-11)23-2)15-18-14(24-20-15)8-25-16-19-17-9-21(16)10-3-4-10/h5-7,9-10H,3-4,8H2,1-2H3. The Morgan fingerprint density at radius 3 is 2.92 bits per heavy atom. The van der Waals surface area contributed by atoms with Gasteiger partial charge in [-0.3, -0.25) is 0 Å². The average molecular weight is 359 g/mol. The third-order valence-electron chi connectivity index (χ3n) is 3.92. The van der Waals surface area contributed by atoms with E-state index in [0.29, 0.717) is 35.0 Å². The van der Waals surface area contributed by atoms with Crippen LogP contribution in [0.4, 0.5) is 0 Å². The predicted molar refractivity (Wildman–Crippen MR) is 90.7 cm³/mol. The maximum absolute atomic E-state index is 5.39. The van der Waals surface area contributed by atoms with Crippen molar-refractivity contribution in [3.63, 3.8) is 0 Å². The van der Waals surface area contributed by atoms with Crippen molar-refractivity contribution in [2.24, 2.45) is 0 Å². The Bertz CT molecular complexity index is 874. The Labute approximate surface area is 148 Å². The quantitative estimate of drug-likeness (QED) is 0.595. The van der Waals surface area contributed by atoms with E-state index in [1.807, 2.05) is 12.1 Å². The molecule has 130 valence electrons. The number of hydrogen-bond acceptors (Lipinski definition) is 8. The summed E-state index contributed by atoms with van der Waals surface area (Å²) in [6.45, 7) is 0. The first-order chi connectivity index (χ1) is 12.3. The van der Waals surface area contributed by atoms with Crippen LogP contribution in [0, 0.1) is 0 Å². The highest BCUT2D eigenvalue weighted by molar-refractivity contribution is 7.98. The van der Waals surface area contributed by atoms with E-state index in [2.05, 4.69) is 24.9 Å². The number of methoxy groups -OCH3 is 2. The molecule has 0 atom stereocenters. The van der Waals surface area contributed by atoms with E-state index < -0.39 is 0 Å². The van der Waals surface area contributed by atoms with Crippen LogP contribution in [-0.2, 0) is 5.75 Å². The van der Waals surface area contributed by atoms with Gasteiger partial charge in [-0.25, -0.2) is 0 Å². The lowest BCUT2D eigenvalue weighted by molar-refractivity contribution is 0.388. The molecule has 0 bridgehead atoms. The van der Waals surface area contributed by atoms with Crippen LogP contribution in [-0.4, -0.2) is 39.1 Å². The number of benzene rings is 1. The summed E-state index contributed by atoms with van der Waals surface area (Å²) in [4.78, 5) is 4.46. The van der Waals surface area contributed by atoms with Crippen molar-refractivity contribution < 1.29 is 14.0 Å². The molecular formula is C16H17N5O3S. The second kappa shape index (κ2) is 6.75.